The Kier molecular flexibility index (Phi) is 16.7. The molecule has 0 aromatic heterocycles. The van der Waals surface area contributed by atoms with Crippen molar-refractivity contribution in [3.63, 3.8) is 0 Å². The first-order chi connectivity index (χ1) is 10.6. The largest absolute Gasteiger partial charge is 0.726 e. The molecule has 0 saturated carbocycles. The normalized spacial score (nSPS) is 11.9. The fraction of sp³-hybridized carbons (Fsp3) is 1.00. The molecule has 23 heavy (non-hydrogen) atoms. The molecular formula is C17H39NO4S. The van der Waals surface area contributed by atoms with Gasteiger partial charge in [0.2, 0.25) is 10.4 Å². The molecule has 0 aliphatic heterocycles. The third-order valence-corrected chi connectivity index (χ3v) is 3.98. The molecule has 0 radical (unpaired) electrons. The van der Waals surface area contributed by atoms with Crippen LogP contribution in [-0.2, 0) is 10.4 Å². The summed E-state index contributed by atoms with van der Waals surface area (Å²) in [5, 5.41) is 0. The van der Waals surface area contributed by atoms with Gasteiger partial charge >= 0.3 is 0 Å². The van der Waals surface area contributed by atoms with Crippen molar-refractivity contribution in [2.75, 3.05) is 27.2 Å². The van der Waals surface area contributed by atoms with Gasteiger partial charge in [0.25, 0.3) is 0 Å². The van der Waals surface area contributed by atoms with Crippen LogP contribution in [-0.4, -0.2) is 49.2 Å². The molecule has 142 valence electrons. The molecule has 0 unspecified atom stereocenters. The molecule has 0 spiro atoms. The van der Waals surface area contributed by atoms with Gasteiger partial charge in [-0.25, -0.2) is 8.42 Å². The Bertz CT molecular complexity index is 335. The van der Waals surface area contributed by atoms with E-state index in [0.29, 0.717) is 0 Å². The molecule has 0 aliphatic rings. The number of hydrogen-bond donors (Lipinski definition) is 1. The van der Waals surface area contributed by atoms with Gasteiger partial charge in [-0.1, -0.05) is 58.8 Å². The lowest BCUT2D eigenvalue weighted by Gasteiger charge is -2.29. The molecule has 1 N–H and O–H groups in total. The topological polar surface area (TPSA) is 77.4 Å². The first-order valence-electron chi connectivity index (χ1n) is 9.12. The summed E-state index contributed by atoms with van der Waals surface area (Å²) >= 11 is 0. The average molecular weight is 354 g/mol. The van der Waals surface area contributed by atoms with Gasteiger partial charge in [-0.2, -0.15) is 0 Å². The minimum absolute atomic E-state index is 1.23. The van der Waals surface area contributed by atoms with Crippen molar-refractivity contribution in [1.29, 1.82) is 0 Å². The molecule has 0 fully saturated rings. The zero-order valence-electron chi connectivity index (χ0n) is 15.7. The van der Waals surface area contributed by atoms with Crippen molar-refractivity contribution >= 4 is 10.4 Å². The average Bonchev–Trinajstić information content (AvgIpc) is 2.40. The van der Waals surface area contributed by atoms with E-state index in [4.69, 9.17) is 17.5 Å². The highest BCUT2D eigenvalue weighted by Crippen LogP contribution is 2.11. The van der Waals surface area contributed by atoms with E-state index in [9.17, 15) is 0 Å². The number of hydrogen-bond acceptors (Lipinski definition) is 3. The number of rotatable bonds is 13. The summed E-state index contributed by atoms with van der Waals surface area (Å²) in [6, 6.07) is 0. The smallest absolute Gasteiger partial charge is 0.215 e. The Morgan fingerprint density at radius 2 is 1.00 bits per heavy atom. The van der Waals surface area contributed by atoms with Crippen molar-refractivity contribution in [2.45, 2.75) is 84.5 Å². The van der Waals surface area contributed by atoms with Crippen LogP contribution in [0, 0.1) is 0 Å². The maximum absolute atomic E-state index is 8.63. The summed E-state index contributed by atoms with van der Waals surface area (Å²) < 4.78 is 34.1. The van der Waals surface area contributed by atoms with E-state index < -0.39 is 10.4 Å². The van der Waals surface area contributed by atoms with Crippen LogP contribution in [0.4, 0.5) is 0 Å². The van der Waals surface area contributed by atoms with E-state index in [1.54, 1.807) is 0 Å². The van der Waals surface area contributed by atoms with Gasteiger partial charge < -0.3 is 9.04 Å². The predicted molar refractivity (Wildman–Crippen MR) is 96.3 cm³/mol. The van der Waals surface area contributed by atoms with Gasteiger partial charge in [-0.15, -0.1) is 0 Å². The maximum Gasteiger partial charge on any atom is 0.215 e. The molecule has 0 aromatic rings. The van der Waals surface area contributed by atoms with Gasteiger partial charge in [-0.3, -0.25) is 4.55 Å². The van der Waals surface area contributed by atoms with Gasteiger partial charge in [0.1, 0.15) is 0 Å². The molecule has 0 saturated heterocycles. The highest BCUT2D eigenvalue weighted by molar-refractivity contribution is 7.79. The first kappa shape index (κ1) is 25.1. The van der Waals surface area contributed by atoms with Crippen LogP contribution in [0.1, 0.15) is 84.5 Å². The highest BCUT2D eigenvalue weighted by atomic mass is 32.3. The summed E-state index contributed by atoms with van der Waals surface area (Å²) in [6.07, 6.45) is 15.6. The zero-order chi connectivity index (χ0) is 18.2. The molecule has 0 atom stereocenters. The Balaban J connectivity index is 0. The lowest BCUT2D eigenvalue weighted by molar-refractivity contribution is -0.890. The molecule has 0 bridgehead atoms. The minimum atomic E-state index is -4.92. The molecular weight excluding hydrogens is 314 g/mol. The monoisotopic (exact) mass is 353 g/mol. The molecule has 0 aliphatic carbocycles. The second kappa shape index (κ2) is 15.4. The fourth-order valence-corrected chi connectivity index (χ4v) is 2.58. The van der Waals surface area contributed by atoms with E-state index in [1.165, 1.54) is 88.2 Å². The van der Waals surface area contributed by atoms with E-state index in [0.717, 1.165) is 0 Å². The van der Waals surface area contributed by atoms with Gasteiger partial charge in [0.05, 0.1) is 27.2 Å². The summed E-state index contributed by atoms with van der Waals surface area (Å²) in [6.45, 7) is 7.32. The van der Waals surface area contributed by atoms with Crippen LogP contribution in [0.3, 0.4) is 0 Å². The van der Waals surface area contributed by atoms with Gasteiger partial charge in [0.15, 0.2) is 0 Å². The molecule has 0 aromatic carbocycles. The molecule has 5 nitrogen and oxygen atoms in total. The van der Waals surface area contributed by atoms with Crippen LogP contribution >= 0.6 is 0 Å². The standard InChI is InChI=1S/C17H38N.H2O4S/c1-5-7-9-10-11-12-13-15-17-18(3,4)16-14-8-6-2;1-5(2,3)4/h5-17H2,1-4H3;(H2,1,2,3,4)/q+1;/p-1. The van der Waals surface area contributed by atoms with E-state index in [1.807, 2.05) is 0 Å². The lowest BCUT2D eigenvalue weighted by atomic mass is 10.1. The minimum Gasteiger partial charge on any atom is -0.726 e. The zero-order valence-corrected chi connectivity index (χ0v) is 16.5. The summed E-state index contributed by atoms with van der Waals surface area (Å²) in [5.41, 5.74) is 0. The fourth-order valence-electron chi connectivity index (χ4n) is 2.58. The van der Waals surface area contributed by atoms with Crippen molar-refractivity contribution in [1.82, 2.24) is 0 Å². The lowest BCUT2D eigenvalue weighted by Crippen LogP contribution is -2.41. The van der Waals surface area contributed by atoms with Crippen LogP contribution < -0.4 is 0 Å². The van der Waals surface area contributed by atoms with Gasteiger partial charge in [0, 0.05) is 0 Å². The van der Waals surface area contributed by atoms with Crippen LogP contribution in [0.2, 0.25) is 0 Å². The third-order valence-electron chi connectivity index (χ3n) is 3.98. The third kappa shape index (κ3) is 30.3. The number of quaternary nitrogens is 1. The molecule has 0 heterocycles. The maximum atomic E-state index is 8.63. The highest BCUT2D eigenvalue weighted by Gasteiger charge is 2.13. The number of unbranched alkanes of at least 4 members (excludes halogenated alkanes) is 9. The van der Waals surface area contributed by atoms with E-state index in [-0.39, 0.29) is 0 Å². The summed E-state index contributed by atoms with van der Waals surface area (Å²) in [5.74, 6) is 0. The van der Waals surface area contributed by atoms with Crippen molar-refractivity contribution in [2.24, 2.45) is 0 Å². The Labute approximate surface area is 144 Å². The molecule has 0 amide bonds. The van der Waals surface area contributed by atoms with Crippen molar-refractivity contribution < 1.29 is 22.0 Å². The van der Waals surface area contributed by atoms with Crippen molar-refractivity contribution in [3.8, 4) is 0 Å². The van der Waals surface area contributed by atoms with Gasteiger partial charge in [-0.05, 0) is 25.7 Å². The van der Waals surface area contributed by atoms with Crippen LogP contribution in [0.5, 0.6) is 0 Å². The molecule has 6 heteroatoms. The quantitative estimate of drug-likeness (QED) is 0.230. The Morgan fingerprint density at radius 3 is 1.39 bits per heavy atom. The van der Waals surface area contributed by atoms with Crippen molar-refractivity contribution in [3.05, 3.63) is 0 Å². The summed E-state index contributed by atoms with van der Waals surface area (Å²) in [4.78, 5) is 0. The van der Waals surface area contributed by atoms with Crippen LogP contribution in [0.15, 0.2) is 0 Å². The SMILES string of the molecule is CCCCCCCCCC[N+](C)(C)CCCCC.O=S(=O)([O-])O. The van der Waals surface area contributed by atoms with Crippen LogP contribution in [0.25, 0.3) is 0 Å². The first-order valence-corrected chi connectivity index (χ1v) is 10.5. The second-order valence-corrected chi connectivity index (χ2v) is 7.85. The Morgan fingerprint density at radius 1 is 0.739 bits per heavy atom. The van der Waals surface area contributed by atoms with E-state index >= 15 is 0 Å². The Hall–Kier alpha value is -0.170. The summed E-state index contributed by atoms with van der Waals surface area (Å²) in [7, 11) is -0.117. The van der Waals surface area contributed by atoms with E-state index in [2.05, 4.69) is 27.9 Å². The number of nitrogens with zero attached hydrogens (tertiary/aromatic N) is 1. The molecule has 0 rings (SSSR count). The second-order valence-electron chi connectivity index (χ2n) is 6.99. The predicted octanol–water partition coefficient (Wildman–Crippen LogP) is 4.40.